The van der Waals surface area contributed by atoms with E-state index in [1.807, 2.05) is 60.7 Å². The van der Waals surface area contributed by atoms with E-state index in [2.05, 4.69) is 0 Å². The standard InChI is InChI=1S/C16H17NO2/c17-11-15(14-9-5-2-6-10-14)16(18)19-12-13-7-3-1-4-8-13/h1-10,15H,11-12,17H2. The van der Waals surface area contributed by atoms with Gasteiger partial charge in [0.1, 0.15) is 6.61 Å². The lowest BCUT2D eigenvalue weighted by molar-refractivity contribution is -0.146. The number of rotatable bonds is 5. The third-order valence-electron chi connectivity index (χ3n) is 2.95. The summed E-state index contributed by atoms with van der Waals surface area (Å²) in [5.41, 5.74) is 7.54. The molecule has 2 aromatic carbocycles. The zero-order chi connectivity index (χ0) is 13.5. The van der Waals surface area contributed by atoms with Gasteiger partial charge in [-0.05, 0) is 11.1 Å². The number of hydrogen-bond donors (Lipinski definition) is 1. The Hall–Kier alpha value is -2.13. The molecule has 98 valence electrons. The van der Waals surface area contributed by atoms with Gasteiger partial charge in [-0.3, -0.25) is 4.79 Å². The molecule has 0 aromatic heterocycles. The molecule has 2 rings (SSSR count). The molecule has 0 spiro atoms. The lowest BCUT2D eigenvalue weighted by Gasteiger charge is -2.14. The van der Waals surface area contributed by atoms with E-state index >= 15 is 0 Å². The predicted octanol–water partition coefficient (Wildman–Crippen LogP) is 2.47. The summed E-state index contributed by atoms with van der Waals surface area (Å²) >= 11 is 0. The van der Waals surface area contributed by atoms with Crippen molar-refractivity contribution < 1.29 is 9.53 Å². The molecule has 3 nitrogen and oxygen atoms in total. The lowest BCUT2D eigenvalue weighted by Crippen LogP contribution is -2.23. The number of hydrogen-bond acceptors (Lipinski definition) is 3. The molecule has 2 aromatic rings. The van der Waals surface area contributed by atoms with Crippen molar-refractivity contribution in [3.8, 4) is 0 Å². The zero-order valence-corrected chi connectivity index (χ0v) is 10.7. The van der Waals surface area contributed by atoms with Gasteiger partial charge >= 0.3 is 5.97 Å². The van der Waals surface area contributed by atoms with Gasteiger partial charge in [0, 0.05) is 6.54 Å². The molecule has 0 heterocycles. The van der Waals surface area contributed by atoms with Crippen LogP contribution in [0.3, 0.4) is 0 Å². The van der Waals surface area contributed by atoms with Crippen molar-refractivity contribution in [3.63, 3.8) is 0 Å². The van der Waals surface area contributed by atoms with Gasteiger partial charge in [-0.15, -0.1) is 0 Å². The van der Waals surface area contributed by atoms with Gasteiger partial charge in [-0.2, -0.15) is 0 Å². The fraction of sp³-hybridized carbons (Fsp3) is 0.188. The molecule has 19 heavy (non-hydrogen) atoms. The highest BCUT2D eigenvalue weighted by Crippen LogP contribution is 2.16. The van der Waals surface area contributed by atoms with E-state index in [1.54, 1.807) is 0 Å². The largest absolute Gasteiger partial charge is 0.460 e. The third-order valence-corrected chi connectivity index (χ3v) is 2.95. The summed E-state index contributed by atoms with van der Waals surface area (Å²) in [6.07, 6.45) is 0. The Balaban J connectivity index is 1.98. The highest BCUT2D eigenvalue weighted by Gasteiger charge is 2.20. The van der Waals surface area contributed by atoms with E-state index in [-0.39, 0.29) is 19.1 Å². The fourth-order valence-electron chi connectivity index (χ4n) is 1.88. The molecule has 3 heteroatoms. The van der Waals surface area contributed by atoms with Crippen LogP contribution in [0.4, 0.5) is 0 Å². The summed E-state index contributed by atoms with van der Waals surface area (Å²) in [5.74, 6) is -0.678. The Bertz CT molecular complexity index is 511. The highest BCUT2D eigenvalue weighted by molar-refractivity contribution is 5.78. The van der Waals surface area contributed by atoms with Gasteiger partial charge in [-0.25, -0.2) is 0 Å². The summed E-state index contributed by atoms with van der Waals surface area (Å²) in [6, 6.07) is 19.1. The first-order chi connectivity index (χ1) is 9.31. The van der Waals surface area contributed by atoms with Crippen LogP contribution in [0.1, 0.15) is 17.0 Å². The number of nitrogens with two attached hydrogens (primary N) is 1. The Labute approximate surface area is 113 Å². The van der Waals surface area contributed by atoms with Crippen LogP contribution in [-0.2, 0) is 16.1 Å². The molecule has 0 fully saturated rings. The van der Waals surface area contributed by atoms with Crippen LogP contribution in [-0.4, -0.2) is 12.5 Å². The van der Waals surface area contributed by atoms with E-state index in [0.717, 1.165) is 11.1 Å². The van der Waals surface area contributed by atoms with Gasteiger partial charge in [-0.1, -0.05) is 60.7 Å². The third kappa shape index (κ3) is 3.66. The van der Waals surface area contributed by atoms with Crippen molar-refractivity contribution in [3.05, 3.63) is 71.8 Å². The smallest absolute Gasteiger partial charge is 0.315 e. The summed E-state index contributed by atoms with van der Waals surface area (Å²) in [4.78, 5) is 12.0. The minimum Gasteiger partial charge on any atom is -0.460 e. The quantitative estimate of drug-likeness (QED) is 0.835. The minimum atomic E-state index is -0.398. The molecule has 0 radical (unpaired) electrons. The van der Waals surface area contributed by atoms with E-state index < -0.39 is 5.92 Å². The molecule has 0 aliphatic rings. The average Bonchev–Trinajstić information content (AvgIpc) is 2.48. The zero-order valence-electron chi connectivity index (χ0n) is 10.7. The Morgan fingerprint density at radius 3 is 2.16 bits per heavy atom. The first-order valence-corrected chi connectivity index (χ1v) is 6.27. The van der Waals surface area contributed by atoms with Gasteiger partial charge in [0.05, 0.1) is 5.92 Å². The molecule has 1 unspecified atom stereocenters. The van der Waals surface area contributed by atoms with Gasteiger partial charge < -0.3 is 10.5 Å². The van der Waals surface area contributed by atoms with Crippen LogP contribution in [0, 0.1) is 0 Å². The second-order valence-corrected chi connectivity index (χ2v) is 4.29. The minimum absolute atomic E-state index is 0.248. The second-order valence-electron chi connectivity index (χ2n) is 4.29. The Kier molecular flexibility index (Phi) is 4.70. The summed E-state index contributed by atoms with van der Waals surface area (Å²) in [7, 11) is 0. The molecule has 0 amide bonds. The van der Waals surface area contributed by atoms with Crippen LogP contribution in [0.5, 0.6) is 0 Å². The number of ether oxygens (including phenoxy) is 1. The van der Waals surface area contributed by atoms with Crippen LogP contribution < -0.4 is 5.73 Å². The summed E-state index contributed by atoms with van der Waals surface area (Å²) < 4.78 is 5.32. The molecule has 0 aliphatic carbocycles. The summed E-state index contributed by atoms with van der Waals surface area (Å²) in [6.45, 7) is 0.528. The molecule has 0 saturated heterocycles. The fourth-order valence-corrected chi connectivity index (χ4v) is 1.88. The van der Waals surface area contributed by atoms with Crippen molar-refractivity contribution in [1.82, 2.24) is 0 Å². The van der Waals surface area contributed by atoms with E-state index in [9.17, 15) is 4.79 Å². The van der Waals surface area contributed by atoms with Crippen molar-refractivity contribution in [1.29, 1.82) is 0 Å². The van der Waals surface area contributed by atoms with E-state index in [0.29, 0.717) is 0 Å². The first kappa shape index (κ1) is 13.3. The van der Waals surface area contributed by atoms with Crippen LogP contribution in [0.2, 0.25) is 0 Å². The monoisotopic (exact) mass is 255 g/mol. The van der Waals surface area contributed by atoms with Crippen molar-refractivity contribution >= 4 is 5.97 Å². The van der Waals surface area contributed by atoms with Crippen molar-refractivity contribution in [2.45, 2.75) is 12.5 Å². The van der Waals surface area contributed by atoms with Crippen molar-refractivity contribution in [2.24, 2.45) is 5.73 Å². The maximum atomic E-state index is 12.0. The number of esters is 1. The number of carbonyl (C=O) groups excluding carboxylic acids is 1. The maximum Gasteiger partial charge on any atom is 0.315 e. The van der Waals surface area contributed by atoms with Gasteiger partial charge in [0.15, 0.2) is 0 Å². The average molecular weight is 255 g/mol. The Morgan fingerprint density at radius 1 is 1.00 bits per heavy atom. The molecule has 0 bridgehead atoms. The highest BCUT2D eigenvalue weighted by atomic mass is 16.5. The normalized spacial score (nSPS) is 11.8. The van der Waals surface area contributed by atoms with E-state index in [1.165, 1.54) is 0 Å². The maximum absolute atomic E-state index is 12.0. The SMILES string of the molecule is NCC(C(=O)OCc1ccccc1)c1ccccc1. The molecule has 2 N–H and O–H groups in total. The first-order valence-electron chi connectivity index (χ1n) is 6.27. The lowest BCUT2D eigenvalue weighted by atomic mass is 10.00. The number of benzene rings is 2. The molecule has 0 saturated carbocycles. The van der Waals surface area contributed by atoms with Crippen molar-refractivity contribution in [2.75, 3.05) is 6.54 Å². The predicted molar refractivity (Wildman–Crippen MR) is 74.5 cm³/mol. The van der Waals surface area contributed by atoms with Gasteiger partial charge in [0.2, 0.25) is 0 Å². The molecule has 0 aliphatic heterocycles. The topological polar surface area (TPSA) is 52.3 Å². The number of carbonyl (C=O) groups is 1. The molecular formula is C16H17NO2. The van der Waals surface area contributed by atoms with E-state index in [4.69, 9.17) is 10.5 Å². The summed E-state index contributed by atoms with van der Waals surface area (Å²) in [5, 5.41) is 0. The molecular weight excluding hydrogens is 238 g/mol. The van der Waals surface area contributed by atoms with Crippen LogP contribution >= 0.6 is 0 Å². The van der Waals surface area contributed by atoms with Crippen LogP contribution in [0.25, 0.3) is 0 Å². The second kappa shape index (κ2) is 6.71. The van der Waals surface area contributed by atoms with Gasteiger partial charge in [0.25, 0.3) is 0 Å². The molecule has 1 atom stereocenters. The van der Waals surface area contributed by atoms with Crippen LogP contribution in [0.15, 0.2) is 60.7 Å². The Morgan fingerprint density at radius 2 is 1.58 bits per heavy atom.